The van der Waals surface area contributed by atoms with Gasteiger partial charge in [-0.25, -0.2) is 0 Å². The van der Waals surface area contributed by atoms with E-state index in [0.29, 0.717) is 5.92 Å². The minimum Gasteiger partial charge on any atom is -0.461 e. The third-order valence-electron chi connectivity index (χ3n) is 3.62. The van der Waals surface area contributed by atoms with Gasteiger partial charge >= 0.3 is 0 Å². The van der Waals surface area contributed by atoms with Gasteiger partial charge in [-0.3, -0.25) is 0 Å². The van der Waals surface area contributed by atoms with Gasteiger partial charge in [0, 0.05) is 15.8 Å². The number of likely N-dealkylation sites (tertiary alicyclic amines) is 1. The van der Waals surface area contributed by atoms with Gasteiger partial charge in [-0.2, -0.15) is 0 Å². The number of nitrogens with zero attached hydrogens (tertiary/aromatic N) is 1. The zero-order valence-electron chi connectivity index (χ0n) is 9.95. The van der Waals surface area contributed by atoms with E-state index in [0.717, 1.165) is 15.8 Å². The molecule has 17 heavy (non-hydrogen) atoms. The van der Waals surface area contributed by atoms with E-state index in [-0.39, 0.29) is 0 Å². The molecule has 2 nitrogen and oxygen atoms in total. The van der Waals surface area contributed by atoms with Crippen LogP contribution in [-0.4, -0.2) is 25.0 Å². The van der Waals surface area contributed by atoms with Crippen molar-refractivity contribution in [3.63, 3.8) is 0 Å². The Morgan fingerprint density at radius 2 is 2.00 bits per heavy atom. The van der Waals surface area contributed by atoms with Crippen LogP contribution >= 0.6 is 15.9 Å². The Kier molecular flexibility index (Phi) is 2.97. The number of hydrogen-bond acceptors (Lipinski definition) is 2. The maximum absolute atomic E-state index is 5.96. The molecule has 0 atom stereocenters. The minimum absolute atomic E-state index is 0.595. The highest BCUT2D eigenvalue weighted by Gasteiger charge is 2.21. The molecule has 0 radical (unpaired) electrons. The maximum atomic E-state index is 5.96. The van der Waals surface area contributed by atoms with Crippen molar-refractivity contribution in [2.45, 2.75) is 18.8 Å². The third-order valence-corrected chi connectivity index (χ3v) is 4.11. The van der Waals surface area contributed by atoms with E-state index in [9.17, 15) is 0 Å². The lowest BCUT2D eigenvalue weighted by molar-refractivity contribution is 0.242. The zero-order valence-corrected chi connectivity index (χ0v) is 11.5. The second kappa shape index (κ2) is 4.46. The average Bonchev–Trinajstić information content (AvgIpc) is 2.72. The Balaban J connectivity index is 1.90. The van der Waals surface area contributed by atoms with Crippen LogP contribution < -0.4 is 0 Å². The quantitative estimate of drug-likeness (QED) is 0.790. The number of hydrogen-bond donors (Lipinski definition) is 0. The molecule has 0 aliphatic carbocycles. The van der Waals surface area contributed by atoms with E-state index in [1.54, 1.807) is 0 Å². The lowest BCUT2D eigenvalue weighted by Gasteiger charge is -2.27. The second-order valence-corrected chi connectivity index (χ2v) is 5.82. The molecule has 2 heterocycles. The van der Waals surface area contributed by atoms with Gasteiger partial charge in [0.25, 0.3) is 0 Å². The van der Waals surface area contributed by atoms with Gasteiger partial charge in [0.05, 0.1) is 0 Å². The number of piperidine rings is 1. The molecule has 90 valence electrons. The number of benzene rings is 1. The van der Waals surface area contributed by atoms with Crippen LogP contribution in [-0.2, 0) is 0 Å². The first kappa shape index (κ1) is 11.3. The first-order chi connectivity index (χ1) is 8.22. The molecule has 0 spiro atoms. The van der Waals surface area contributed by atoms with Crippen LogP contribution in [0.15, 0.2) is 33.2 Å². The van der Waals surface area contributed by atoms with Gasteiger partial charge in [0.15, 0.2) is 0 Å². The zero-order chi connectivity index (χ0) is 11.8. The largest absolute Gasteiger partial charge is 0.461 e. The van der Waals surface area contributed by atoms with Crippen LogP contribution in [0.4, 0.5) is 0 Å². The molecule has 1 fully saturated rings. The molecule has 1 aliphatic rings. The Labute approximate surface area is 110 Å². The summed E-state index contributed by atoms with van der Waals surface area (Å²) in [7, 11) is 2.19. The molecule has 2 aromatic rings. The summed E-state index contributed by atoms with van der Waals surface area (Å²) in [5.74, 6) is 1.75. The van der Waals surface area contributed by atoms with Crippen LogP contribution in [0, 0.1) is 0 Å². The van der Waals surface area contributed by atoms with Crippen molar-refractivity contribution in [3.8, 4) is 0 Å². The van der Waals surface area contributed by atoms with Gasteiger partial charge in [-0.1, -0.05) is 15.9 Å². The van der Waals surface area contributed by atoms with Crippen molar-refractivity contribution < 1.29 is 4.42 Å². The Morgan fingerprint density at radius 3 is 2.76 bits per heavy atom. The molecule has 0 unspecified atom stereocenters. The molecule has 0 saturated carbocycles. The molecule has 1 aliphatic heterocycles. The van der Waals surface area contributed by atoms with Crippen molar-refractivity contribution in [2.24, 2.45) is 0 Å². The summed E-state index contributed by atoms with van der Waals surface area (Å²) < 4.78 is 7.07. The Hall–Kier alpha value is -0.800. The van der Waals surface area contributed by atoms with Crippen molar-refractivity contribution in [1.29, 1.82) is 0 Å². The fraction of sp³-hybridized carbons (Fsp3) is 0.429. The predicted molar refractivity (Wildman–Crippen MR) is 73.4 cm³/mol. The molecule has 3 heteroatoms. The maximum Gasteiger partial charge on any atom is 0.134 e. The summed E-state index contributed by atoms with van der Waals surface area (Å²) in [6.45, 7) is 2.34. The highest BCUT2D eigenvalue weighted by molar-refractivity contribution is 9.10. The predicted octanol–water partition coefficient (Wildman–Crippen LogP) is 4.00. The van der Waals surface area contributed by atoms with Crippen LogP contribution in [0.25, 0.3) is 11.0 Å². The van der Waals surface area contributed by atoms with Crippen molar-refractivity contribution in [1.82, 2.24) is 4.90 Å². The van der Waals surface area contributed by atoms with Gasteiger partial charge in [-0.05, 0) is 57.2 Å². The number of furan rings is 1. The fourth-order valence-corrected chi connectivity index (χ4v) is 2.91. The van der Waals surface area contributed by atoms with Crippen LogP contribution in [0.3, 0.4) is 0 Å². The minimum atomic E-state index is 0.595. The highest BCUT2D eigenvalue weighted by atomic mass is 79.9. The normalized spacial score (nSPS) is 18.9. The fourth-order valence-electron chi connectivity index (χ4n) is 2.53. The summed E-state index contributed by atoms with van der Waals surface area (Å²) in [6.07, 6.45) is 2.41. The van der Waals surface area contributed by atoms with Gasteiger partial charge in [-0.15, -0.1) is 0 Å². The number of halogens is 1. The Bertz CT molecular complexity index is 526. The van der Waals surface area contributed by atoms with E-state index in [2.05, 4.69) is 40.0 Å². The average molecular weight is 294 g/mol. The topological polar surface area (TPSA) is 16.4 Å². The molecule has 1 aromatic heterocycles. The summed E-state index contributed by atoms with van der Waals surface area (Å²) in [4.78, 5) is 2.38. The smallest absolute Gasteiger partial charge is 0.134 e. The first-order valence-electron chi connectivity index (χ1n) is 6.10. The van der Waals surface area contributed by atoms with E-state index in [1.165, 1.54) is 31.3 Å². The molecule has 0 N–H and O–H groups in total. The van der Waals surface area contributed by atoms with Gasteiger partial charge in [0.2, 0.25) is 0 Å². The van der Waals surface area contributed by atoms with Gasteiger partial charge in [0.1, 0.15) is 11.3 Å². The van der Waals surface area contributed by atoms with Crippen LogP contribution in [0.2, 0.25) is 0 Å². The summed E-state index contributed by atoms with van der Waals surface area (Å²) in [5, 5.41) is 1.20. The second-order valence-electron chi connectivity index (χ2n) is 4.91. The molecule has 1 aromatic carbocycles. The van der Waals surface area contributed by atoms with Gasteiger partial charge < -0.3 is 9.32 Å². The summed E-state index contributed by atoms with van der Waals surface area (Å²) in [5.41, 5.74) is 1.00. The van der Waals surface area contributed by atoms with Crippen molar-refractivity contribution >= 4 is 26.9 Å². The molecule has 3 rings (SSSR count). The van der Waals surface area contributed by atoms with Crippen LogP contribution in [0.1, 0.15) is 24.5 Å². The summed E-state index contributed by atoms with van der Waals surface area (Å²) in [6, 6.07) is 8.40. The molecular formula is C14H16BrNO. The summed E-state index contributed by atoms with van der Waals surface area (Å²) >= 11 is 3.50. The molecule has 0 amide bonds. The number of fused-ring (bicyclic) bond motifs is 1. The van der Waals surface area contributed by atoms with E-state index >= 15 is 0 Å². The first-order valence-corrected chi connectivity index (χ1v) is 6.89. The van der Waals surface area contributed by atoms with E-state index in [1.807, 2.05) is 12.1 Å². The lowest BCUT2D eigenvalue weighted by Crippen LogP contribution is -2.29. The lowest BCUT2D eigenvalue weighted by atomic mass is 9.94. The van der Waals surface area contributed by atoms with Crippen molar-refractivity contribution in [3.05, 3.63) is 34.5 Å². The monoisotopic (exact) mass is 293 g/mol. The van der Waals surface area contributed by atoms with E-state index < -0.39 is 0 Å². The van der Waals surface area contributed by atoms with E-state index in [4.69, 9.17) is 4.42 Å². The Morgan fingerprint density at radius 1 is 1.24 bits per heavy atom. The molecular weight excluding hydrogens is 278 g/mol. The SMILES string of the molecule is CN1CCC(c2cc3cc(Br)ccc3o2)CC1. The molecule has 1 saturated heterocycles. The van der Waals surface area contributed by atoms with Crippen molar-refractivity contribution in [2.75, 3.05) is 20.1 Å². The highest BCUT2D eigenvalue weighted by Crippen LogP contribution is 2.32. The molecule has 0 bridgehead atoms. The number of rotatable bonds is 1. The standard InChI is InChI=1S/C14H16BrNO/c1-16-6-4-10(5-7-16)14-9-11-8-12(15)2-3-13(11)17-14/h2-3,8-10H,4-7H2,1H3. The van der Waals surface area contributed by atoms with Crippen LogP contribution in [0.5, 0.6) is 0 Å². The third kappa shape index (κ3) is 2.26.